The molecule has 6 nitrogen and oxygen atoms in total. The highest BCUT2D eigenvalue weighted by Gasteiger charge is 2.20. The van der Waals surface area contributed by atoms with Crippen molar-refractivity contribution < 1.29 is 23.1 Å². The van der Waals surface area contributed by atoms with Crippen LogP contribution in [0.4, 0.5) is 8.78 Å². The molecule has 1 aliphatic rings. The van der Waals surface area contributed by atoms with Crippen LogP contribution in [0.25, 0.3) is 0 Å². The van der Waals surface area contributed by atoms with Crippen LogP contribution in [0.2, 0.25) is 0 Å². The Morgan fingerprint density at radius 1 is 1.52 bits per heavy atom. The minimum atomic E-state index is -2.72. The Morgan fingerprint density at radius 3 is 2.86 bits per heavy atom. The second kappa shape index (κ2) is 6.95. The van der Waals surface area contributed by atoms with Crippen molar-refractivity contribution in [3.05, 3.63) is 17.0 Å². The van der Waals surface area contributed by atoms with Crippen molar-refractivity contribution in [2.75, 3.05) is 6.61 Å². The average Bonchev–Trinajstić information content (AvgIpc) is 2.74. The molecule has 2 rings (SSSR count). The summed E-state index contributed by atoms with van der Waals surface area (Å²) in [5.41, 5.74) is 3.49. The van der Waals surface area contributed by atoms with E-state index in [1.54, 1.807) is 6.92 Å². The van der Waals surface area contributed by atoms with Crippen LogP contribution in [-0.4, -0.2) is 28.6 Å². The van der Waals surface area contributed by atoms with Crippen molar-refractivity contribution in [3.63, 3.8) is 0 Å². The summed E-state index contributed by atoms with van der Waals surface area (Å²) in [5, 5.41) is 3.73. The molecule has 1 aliphatic heterocycles. The summed E-state index contributed by atoms with van der Waals surface area (Å²) in [6.45, 7) is 1.01. The number of carbonyl (C=O) groups is 1. The Morgan fingerprint density at radius 2 is 2.29 bits per heavy atom. The van der Waals surface area contributed by atoms with Crippen LogP contribution in [0, 0.1) is 13.8 Å². The van der Waals surface area contributed by atoms with E-state index < -0.39 is 18.7 Å². The number of amides is 1. The van der Waals surface area contributed by atoms with Crippen LogP contribution in [0.3, 0.4) is 0 Å². The van der Waals surface area contributed by atoms with E-state index in [9.17, 15) is 13.6 Å². The third-order valence-electron chi connectivity index (χ3n) is 3.44. The molecule has 0 aromatic carbocycles. The fraction of sp³-hybridized carbons (Fsp3) is 0.692. The van der Waals surface area contributed by atoms with E-state index in [1.807, 2.05) is 0 Å². The molecule has 8 heteroatoms. The summed E-state index contributed by atoms with van der Waals surface area (Å²) >= 11 is 0. The van der Waals surface area contributed by atoms with Gasteiger partial charge in [-0.05, 0) is 26.7 Å². The van der Waals surface area contributed by atoms with Crippen molar-refractivity contribution in [2.24, 2.45) is 0 Å². The summed E-state index contributed by atoms with van der Waals surface area (Å²) in [4.78, 5) is 17.0. The van der Waals surface area contributed by atoms with Crippen LogP contribution in [0.1, 0.15) is 42.8 Å². The summed E-state index contributed by atoms with van der Waals surface area (Å²) in [6.07, 6.45) is 2.20. The van der Waals surface area contributed by atoms with E-state index in [4.69, 9.17) is 9.57 Å². The maximum Gasteiger partial charge on any atom is 0.333 e. The summed E-state index contributed by atoms with van der Waals surface area (Å²) in [5.74, 6) is -0.413. The zero-order valence-corrected chi connectivity index (χ0v) is 12.1. The molecule has 0 unspecified atom stereocenters. The van der Waals surface area contributed by atoms with Gasteiger partial charge < -0.3 is 4.74 Å². The van der Waals surface area contributed by atoms with Crippen molar-refractivity contribution in [1.29, 1.82) is 0 Å². The van der Waals surface area contributed by atoms with E-state index in [2.05, 4.69) is 10.6 Å². The van der Waals surface area contributed by atoms with Crippen LogP contribution >= 0.6 is 0 Å². The van der Waals surface area contributed by atoms with Gasteiger partial charge in [0.25, 0.3) is 0 Å². The molecule has 0 saturated carbocycles. The smallest absolute Gasteiger partial charge is 0.333 e. The second-order valence-corrected chi connectivity index (χ2v) is 4.99. The van der Waals surface area contributed by atoms with Gasteiger partial charge in [-0.25, -0.2) is 15.0 Å². The minimum absolute atomic E-state index is 0.0584. The number of alkyl halides is 2. The van der Waals surface area contributed by atoms with E-state index in [0.29, 0.717) is 22.5 Å². The van der Waals surface area contributed by atoms with E-state index in [-0.39, 0.29) is 12.1 Å². The molecule has 1 saturated heterocycles. The number of halogens is 2. The summed E-state index contributed by atoms with van der Waals surface area (Å²) in [7, 11) is 0. The van der Waals surface area contributed by atoms with Crippen molar-refractivity contribution in [2.45, 2.75) is 52.4 Å². The molecule has 21 heavy (non-hydrogen) atoms. The monoisotopic (exact) mass is 303 g/mol. The standard InChI is InChI=1S/C13H19F2N3O3/c1-8-10(9(2)18(16-8)13(14)15)7-11(19)17-21-12-5-3-4-6-20-12/h12-13H,3-7H2,1-2H3,(H,17,19)/t12-/m0/s1. The average molecular weight is 303 g/mol. The second-order valence-electron chi connectivity index (χ2n) is 4.99. The van der Waals surface area contributed by atoms with Gasteiger partial charge in [-0.3, -0.25) is 4.79 Å². The summed E-state index contributed by atoms with van der Waals surface area (Å²) < 4.78 is 31.3. The molecule has 1 aromatic rings. The van der Waals surface area contributed by atoms with E-state index in [1.165, 1.54) is 6.92 Å². The van der Waals surface area contributed by atoms with Gasteiger partial charge in [-0.1, -0.05) is 0 Å². The molecule has 2 heterocycles. The maximum absolute atomic E-state index is 12.7. The van der Waals surface area contributed by atoms with Gasteiger partial charge in [-0.2, -0.15) is 13.9 Å². The number of hydrogen-bond acceptors (Lipinski definition) is 4. The molecule has 0 aliphatic carbocycles. The number of rotatable bonds is 5. The molecule has 0 radical (unpaired) electrons. The lowest BCUT2D eigenvalue weighted by molar-refractivity contribution is -0.200. The van der Waals surface area contributed by atoms with Crippen LogP contribution < -0.4 is 5.48 Å². The number of carbonyl (C=O) groups excluding carboxylic acids is 1. The molecule has 1 atom stereocenters. The van der Waals surface area contributed by atoms with Crippen molar-refractivity contribution in [1.82, 2.24) is 15.3 Å². The maximum atomic E-state index is 12.7. The molecule has 1 fully saturated rings. The quantitative estimate of drug-likeness (QED) is 0.845. The minimum Gasteiger partial charge on any atom is -0.350 e. The first kappa shape index (κ1) is 15.8. The highest BCUT2D eigenvalue weighted by molar-refractivity contribution is 5.78. The normalized spacial score (nSPS) is 19.0. The Balaban J connectivity index is 1.90. The van der Waals surface area contributed by atoms with E-state index in [0.717, 1.165) is 19.3 Å². The van der Waals surface area contributed by atoms with Crippen LogP contribution in [0.15, 0.2) is 0 Å². The number of ether oxygens (including phenoxy) is 1. The van der Waals surface area contributed by atoms with Gasteiger partial charge >= 0.3 is 6.55 Å². The van der Waals surface area contributed by atoms with Gasteiger partial charge in [0.05, 0.1) is 12.1 Å². The lowest BCUT2D eigenvalue weighted by Gasteiger charge is -2.22. The van der Waals surface area contributed by atoms with Gasteiger partial charge in [0.2, 0.25) is 5.91 Å². The molecule has 0 spiro atoms. The number of hydroxylamine groups is 1. The first-order chi connectivity index (χ1) is 9.99. The predicted octanol–water partition coefficient (Wildman–Crippen LogP) is 2.01. The third kappa shape index (κ3) is 3.98. The molecule has 118 valence electrons. The number of aryl methyl sites for hydroxylation is 1. The lowest BCUT2D eigenvalue weighted by atomic mass is 10.1. The SMILES string of the molecule is Cc1nn(C(F)F)c(C)c1CC(=O)NO[C@H]1CCCCO1. The fourth-order valence-corrected chi connectivity index (χ4v) is 2.28. The lowest BCUT2D eigenvalue weighted by Crippen LogP contribution is -2.34. The first-order valence-corrected chi connectivity index (χ1v) is 6.88. The van der Waals surface area contributed by atoms with Gasteiger partial charge in [0, 0.05) is 24.3 Å². The number of aromatic nitrogens is 2. The molecule has 1 amide bonds. The predicted molar refractivity (Wildman–Crippen MR) is 69.5 cm³/mol. The number of nitrogens with zero attached hydrogens (tertiary/aromatic N) is 2. The van der Waals surface area contributed by atoms with Gasteiger partial charge in [0.1, 0.15) is 0 Å². The molecule has 0 bridgehead atoms. The van der Waals surface area contributed by atoms with E-state index >= 15 is 0 Å². The Labute approximate surface area is 121 Å². The first-order valence-electron chi connectivity index (χ1n) is 6.88. The fourth-order valence-electron chi connectivity index (χ4n) is 2.28. The van der Waals surface area contributed by atoms with Crippen LogP contribution in [-0.2, 0) is 20.8 Å². The summed E-state index contributed by atoms with van der Waals surface area (Å²) in [6, 6.07) is 0. The van der Waals surface area contributed by atoms with Crippen LogP contribution in [0.5, 0.6) is 0 Å². The molecule has 1 aromatic heterocycles. The van der Waals surface area contributed by atoms with Gasteiger partial charge in [-0.15, -0.1) is 0 Å². The molecular weight excluding hydrogens is 284 g/mol. The zero-order chi connectivity index (χ0) is 15.4. The molecular formula is C13H19F2N3O3. The zero-order valence-electron chi connectivity index (χ0n) is 12.1. The van der Waals surface area contributed by atoms with Crippen molar-refractivity contribution in [3.8, 4) is 0 Å². The number of hydrogen-bond donors (Lipinski definition) is 1. The Kier molecular flexibility index (Phi) is 5.24. The van der Waals surface area contributed by atoms with Crippen molar-refractivity contribution >= 4 is 5.91 Å². The highest BCUT2D eigenvalue weighted by Crippen LogP contribution is 2.19. The Bertz CT molecular complexity index is 499. The molecule has 1 N–H and O–H groups in total. The largest absolute Gasteiger partial charge is 0.350 e. The highest BCUT2D eigenvalue weighted by atomic mass is 19.3. The topological polar surface area (TPSA) is 65.4 Å². The van der Waals surface area contributed by atoms with Gasteiger partial charge in [0.15, 0.2) is 6.29 Å². The third-order valence-corrected chi connectivity index (χ3v) is 3.44. The Hall–Kier alpha value is -1.54. The number of nitrogens with one attached hydrogen (secondary N) is 1.